The maximum Gasteiger partial charge on any atom is 0.226 e. The first kappa shape index (κ1) is 16.9. The SMILES string of the molecule is CNC1CCN(C(=O)Cc2cc(F)cc(F)c2)CC1.Cl. The Hall–Kier alpha value is -1.20. The van der Waals surface area contributed by atoms with E-state index in [-0.39, 0.29) is 24.7 Å². The number of hydrogen-bond acceptors (Lipinski definition) is 2. The van der Waals surface area contributed by atoms with Crippen molar-refractivity contribution >= 4 is 18.3 Å². The normalized spacial score (nSPS) is 15.8. The fraction of sp³-hybridized carbons (Fsp3) is 0.500. The summed E-state index contributed by atoms with van der Waals surface area (Å²) < 4.78 is 26.1. The zero-order chi connectivity index (χ0) is 13.8. The highest BCUT2D eigenvalue weighted by Gasteiger charge is 2.21. The lowest BCUT2D eigenvalue weighted by Crippen LogP contribution is -2.44. The molecule has 1 aromatic carbocycles. The molecule has 1 fully saturated rings. The molecule has 0 radical (unpaired) electrons. The van der Waals surface area contributed by atoms with Crippen molar-refractivity contribution in [2.75, 3.05) is 20.1 Å². The smallest absolute Gasteiger partial charge is 0.226 e. The molecule has 6 heteroatoms. The molecule has 0 aliphatic carbocycles. The molecule has 1 aliphatic heterocycles. The van der Waals surface area contributed by atoms with Gasteiger partial charge in [0, 0.05) is 25.2 Å². The van der Waals surface area contributed by atoms with Crippen LogP contribution in [0.3, 0.4) is 0 Å². The van der Waals surface area contributed by atoms with Crippen molar-refractivity contribution in [1.29, 1.82) is 0 Å². The first-order valence-electron chi connectivity index (χ1n) is 6.48. The maximum absolute atomic E-state index is 13.0. The van der Waals surface area contributed by atoms with Gasteiger partial charge in [-0.15, -0.1) is 12.4 Å². The molecule has 0 saturated carbocycles. The highest BCUT2D eigenvalue weighted by molar-refractivity contribution is 5.85. The van der Waals surface area contributed by atoms with Gasteiger partial charge in [0.25, 0.3) is 0 Å². The summed E-state index contributed by atoms with van der Waals surface area (Å²) in [5, 5.41) is 3.19. The second-order valence-electron chi connectivity index (χ2n) is 4.90. The summed E-state index contributed by atoms with van der Waals surface area (Å²) in [5.74, 6) is -1.35. The molecular weight excluding hydrogens is 286 g/mol. The number of nitrogens with one attached hydrogen (secondary N) is 1. The third-order valence-corrected chi connectivity index (χ3v) is 3.53. The molecule has 1 saturated heterocycles. The molecule has 1 N–H and O–H groups in total. The standard InChI is InChI=1S/C14H18F2N2O.ClH/c1-17-13-2-4-18(5-3-13)14(19)8-10-6-11(15)9-12(16)7-10;/h6-7,9,13,17H,2-5,8H2,1H3;1H. The average molecular weight is 305 g/mol. The van der Waals surface area contributed by atoms with Gasteiger partial charge in [-0.1, -0.05) is 0 Å². The Morgan fingerprint density at radius 3 is 2.30 bits per heavy atom. The number of rotatable bonds is 3. The van der Waals surface area contributed by atoms with Crippen LogP contribution in [0.25, 0.3) is 0 Å². The van der Waals surface area contributed by atoms with Gasteiger partial charge in [-0.2, -0.15) is 0 Å². The van der Waals surface area contributed by atoms with Gasteiger partial charge in [0.05, 0.1) is 6.42 Å². The van der Waals surface area contributed by atoms with Gasteiger partial charge < -0.3 is 10.2 Å². The Morgan fingerprint density at radius 2 is 1.80 bits per heavy atom. The predicted molar refractivity (Wildman–Crippen MR) is 76.0 cm³/mol. The number of hydrogen-bond donors (Lipinski definition) is 1. The molecule has 0 aromatic heterocycles. The number of likely N-dealkylation sites (tertiary alicyclic amines) is 1. The van der Waals surface area contributed by atoms with Crippen molar-refractivity contribution in [1.82, 2.24) is 10.2 Å². The van der Waals surface area contributed by atoms with Gasteiger partial charge in [-0.05, 0) is 37.6 Å². The van der Waals surface area contributed by atoms with Gasteiger partial charge in [0.1, 0.15) is 11.6 Å². The van der Waals surface area contributed by atoms with Crippen LogP contribution in [0.1, 0.15) is 18.4 Å². The molecule has 0 unspecified atom stereocenters. The number of piperidine rings is 1. The van der Waals surface area contributed by atoms with Crippen molar-refractivity contribution in [3.05, 3.63) is 35.4 Å². The van der Waals surface area contributed by atoms with E-state index in [0.717, 1.165) is 18.9 Å². The summed E-state index contributed by atoms with van der Waals surface area (Å²) in [5.41, 5.74) is 0.387. The largest absolute Gasteiger partial charge is 0.342 e. The third-order valence-electron chi connectivity index (χ3n) is 3.53. The number of amides is 1. The van der Waals surface area contributed by atoms with Crippen LogP contribution in [-0.2, 0) is 11.2 Å². The monoisotopic (exact) mass is 304 g/mol. The number of carbonyl (C=O) groups is 1. The van der Waals surface area contributed by atoms with Crippen LogP contribution in [0.2, 0.25) is 0 Å². The molecule has 2 rings (SSSR count). The minimum Gasteiger partial charge on any atom is -0.342 e. The lowest BCUT2D eigenvalue weighted by molar-refractivity contribution is -0.131. The Labute approximate surface area is 123 Å². The molecule has 1 heterocycles. The number of nitrogens with zero attached hydrogens (tertiary/aromatic N) is 1. The number of halogens is 3. The van der Waals surface area contributed by atoms with Crippen LogP contribution in [0.5, 0.6) is 0 Å². The summed E-state index contributed by atoms with van der Waals surface area (Å²) in [4.78, 5) is 13.8. The first-order valence-corrected chi connectivity index (χ1v) is 6.48. The summed E-state index contributed by atoms with van der Waals surface area (Å²) in [6.07, 6.45) is 1.89. The van der Waals surface area contributed by atoms with E-state index in [2.05, 4.69) is 5.32 Å². The van der Waals surface area contributed by atoms with Gasteiger partial charge >= 0.3 is 0 Å². The Balaban J connectivity index is 0.00000200. The summed E-state index contributed by atoms with van der Waals surface area (Å²) in [6, 6.07) is 3.69. The summed E-state index contributed by atoms with van der Waals surface area (Å²) in [6.45, 7) is 1.39. The Kier molecular flexibility index (Phi) is 6.36. The molecule has 1 aliphatic rings. The fourth-order valence-corrected chi connectivity index (χ4v) is 2.42. The minimum atomic E-state index is -0.642. The van der Waals surface area contributed by atoms with Gasteiger partial charge in [0.15, 0.2) is 0 Å². The number of benzene rings is 1. The van der Waals surface area contributed by atoms with E-state index >= 15 is 0 Å². The van der Waals surface area contributed by atoms with E-state index in [1.807, 2.05) is 7.05 Å². The zero-order valence-corrected chi connectivity index (χ0v) is 12.2. The molecule has 1 aromatic rings. The van der Waals surface area contributed by atoms with Crippen molar-refractivity contribution in [3.8, 4) is 0 Å². The van der Waals surface area contributed by atoms with Gasteiger partial charge in [0.2, 0.25) is 5.91 Å². The Bertz CT molecular complexity index is 442. The molecule has 20 heavy (non-hydrogen) atoms. The van der Waals surface area contributed by atoms with Crippen molar-refractivity contribution in [2.24, 2.45) is 0 Å². The topological polar surface area (TPSA) is 32.3 Å². The minimum absolute atomic E-state index is 0. The van der Waals surface area contributed by atoms with Gasteiger partial charge in [-0.25, -0.2) is 8.78 Å². The van der Waals surface area contributed by atoms with E-state index in [4.69, 9.17) is 0 Å². The Morgan fingerprint density at radius 1 is 1.25 bits per heavy atom. The summed E-state index contributed by atoms with van der Waals surface area (Å²) >= 11 is 0. The van der Waals surface area contributed by atoms with Crippen LogP contribution in [-0.4, -0.2) is 37.0 Å². The lowest BCUT2D eigenvalue weighted by Gasteiger charge is -2.31. The van der Waals surface area contributed by atoms with Crippen molar-refractivity contribution in [2.45, 2.75) is 25.3 Å². The van der Waals surface area contributed by atoms with Crippen LogP contribution in [0.4, 0.5) is 8.78 Å². The van der Waals surface area contributed by atoms with E-state index in [1.165, 1.54) is 12.1 Å². The molecule has 0 atom stereocenters. The zero-order valence-electron chi connectivity index (χ0n) is 11.4. The van der Waals surface area contributed by atoms with Crippen LogP contribution < -0.4 is 5.32 Å². The molecule has 112 valence electrons. The molecule has 0 spiro atoms. The fourth-order valence-electron chi connectivity index (χ4n) is 2.42. The van der Waals surface area contributed by atoms with Crippen LogP contribution in [0, 0.1) is 11.6 Å². The lowest BCUT2D eigenvalue weighted by atomic mass is 10.0. The maximum atomic E-state index is 13.0. The quantitative estimate of drug-likeness (QED) is 0.928. The first-order chi connectivity index (χ1) is 9.08. The van der Waals surface area contributed by atoms with Gasteiger partial charge in [-0.3, -0.25) is 4.79 Å². The third kappa shape index (κ3) is 4.42. The predicted octanol–water partition coefficient (Wildman–Crippen LogP) is 2.14. The van der Waals surface area contributed by atoms with E-state index < -0.39 is 11.6 Å². The van der Waals surface area contributed by atoms with Crippen LogP contribution in [0.15, 0.2) is 18.2 Å². The molecular formula is C14H19ClF2N2O. The van der Waals surface area contributed by atoms with E-state index in [0.29, 0.717) is 24.7 Å². The van der Waals surface area contributed by atoms with Crippen molar-refractivity contribution < 1.29 is 13.6 Å². The second kappa shape index (κ2) is 7.55. The highest BCUT2D eigenvalue weighted by Crippen LogP contribution is 2.14. The highest BCUT2D eigenvalue weighted by atomic mass is 35.5. The second-order valence-corrected chi connectivity index (χ2v) is 4.90. The number of carbonyl (C=O) groups excluding carboxylic acids is 1. The molecule has 0 bridgehead atoms. The summed E-state index contributed by atoms with van der Waals surface area (Å²) in [7, 11) is 1.91. The molecule has 1 amide bonds. The molecule has 3 nitrogen and oxygen atoms in total. The van der Waals surface area contributed by atoms with Crippen LogP contribution >= 0.6 is 12.4 Å². The average Bonchev–Trinajstić information content (AvgIpc) is 2.37. The van der Waals surface area contributed by atoms with Crippen molar-refractivity contribution in [3.63, 3.8) is 0 Å². The van der Waals surface area contributed by atoms with E-state index in [9.17, 15) is 13.6 Å². The van der Waals surface area contributed by atoms with E-state index in [1.54, 1.807) is 4.90 Å².